The molecular formula is C20H16CoMnN4O3S. The van der Waals surface area contributed by atoms with Crippen molar-refractivity contribution in [2.24, 2.45) is 0 Å². The molecule has 0 fully saturated rings. The van der Waals surface area contributed by atoms with Crippen molar-refractivity contribution < 1.29 is 46.8 Å². The fraction of sp³-hybridized carbons (Fsp3) is 0. The molecule has 10 heteroatoms. The Hall–Kier alpha value is -2.46. The topological polar surface area (TPSA) is 112 Å². The molecule has 5 rings (SSSR count). The Morgan fingerprint density at radius 3 is 1.10 bits per heavy atom. The molecule has 0 amide bonds. The van der Waals surface area contributed by atoms with Crippen LogP contribution in [0.25, 0.3) is 46.4 Å². The molecule has 2 aliphatic rings. The van der Waals surface area contributed by atoms with Gasteiger partial charge in [0.15, 0.2) is 0 Å². The molecule has 0 saturated carbocycles. The van der Waals surface area contributed by atoms with Crippen LogP contribution in [0.5, 0.6) is 0 Å². The van der Waals surface area contributed by atoms with E-state index < -0.39 is 11.0 Å². The zero-order chi connectivity index (χ0) is 19.5. The van der Waals surface area contributed by atoms with E-state index in [1.807, 2.05) is 48.6 Å². The average Bonchev–Trinajstić information content (AvgIpc) is 3.39. The molecule has 0 spiro atoms. The molecule has 8 bridgehead atoms. The molecule has 5 heterocycles. The molecule has 0 saturated heterocycles. The molecule has 0 atom stereocenters. The molecule has 156 valence electrons. The Labute approximate surface area is 194 Å². The first-order valence-corrected chi connectivity index (χ1v) is 9.54. The maximum absolute atomic E-state index is 8.59. The summed E-state index contributed by atoms with van der Waals surface area (Å²) in [7, 11) is -3.12. The summed E-state index contributed by atoms with van der Waals surface area (Å²) in [4.78, 5) is 16.0. The van der Waals surface area contributed by atoms with Gasteiger partial charge in [-0.25, -0.2) is 18.4 Å². The van der Waals surface area contributed by atoms with Gasteiger partial charge >= 0.3 is 0 Å². The van der Waals surface area contributed by atoms with Gasteiger partial charge in [-0.2, -0.15) is 0 Å². The predicted molar refractivity (Wildman–Crippen MR) is 112 cm³/mol. The third-order valence-corrected chi connectivity index (χ3v) is 4.04. The first-order valence-electron chi connectivity index (χ1n) is 8.41. The van der Waals surface area contributed by atoms with Crippen LogP contribution in [0.15, 0.2) is 48.5 Å². The van der Waals surface area contributed by atoms with Gasteiger partial charge in [-0.05, 0) is 72.8 Å². The number of aromatic amines is 2. The predicted octanol–water partition coefficient (Wildman–Crippen LogP) is 3.72. The summed E-state index contributed by atoms with van der Waals surface area (Å²) in [6, 6.07) is 16.4. The number of nitrogens with one attached hydrogen (secondary N) is 2. The van der Waals surface area contributed by atoms with Gasteiger partial charge in [0.1, 0.15) is 0 Å². The molecule has 3 aromatic rings. The fourth-order valence-corrected chi connectivity index (χ4v) is 2.94. The maximum atomic E-state index is 8.59. The van der Waals surface area contributed by atoms with Crippen molar-refractivity contribution >= 4 is 57.4 Å². The molecule has 3 N–H and O–H groups in total. The first-order chi connectivity index (χ1) is 13.5. The molecule has 7 nitrogen and oxygen atoms in total. The second-order valence-electron chi connectivity index (χ2n) is 6.14. The fourth-order valence-electron chi connectivity index (χ4n) is 2.94. The van der Waals surface area contributed by atoms with Crippen LogP contribution in [0.3, 0.4) is 0 Å². The van der Waals surface area contributed by atoms with Crippen LogP contribution in [0.4, 0.5) is 0 Å². The van der Waals surface area contributed by atoms with Gasteiger partial charge in [0, 0.05) is 55.9 Å². The number of rotatable bonds is 0. The van der Waals surface area contributed by atoms with Crippen molar-refractivity contribution in [2.75, 3.05) is 0 Å². The first kappa shape index (κ1) is 23.8. The number of aromatic nitrogens is 4. The van der Waals surface area contributed by atoms with Crippen LogP contribution in [0.1, 0.15) is 22.8 Å². The number of hydrogen-bond donors (Lipinski definition) is 4. The third kappa shape index (κ3) is 6.26. The van der Waals surface area contributed by atoms with Gasteiger partial charge in [-0.1, -0.05) is 0 Å². The minimum Gasteiger partial charge on any atom is -0.355 e. The van der Waals surface area contributed by atoms with E-state index in [1.54, 1.807) is 0 Å². The van der Waals surface area contributed by atoms with Gasteiger partial charge in [-0.15, -0.1) is 0 Å². The van der Waals surface area contributed by atoms with E-state index in [9.17, 15) is 0 Å². The van der Waals surface area contributed by atoms with E-state index in [0.717, 1.165) is 44.8 Å². The third-order valence-electron chi connectivity index (χ3n) is 4.04. The van der Waals surface area contributed by atoms with Crippen LogP contribution >= 0.6 is 0 Å². The van der Waals surface area contributed by atoms with Crippen molar-refractivity contribution in [3.05, 3.63) is 71.3 Å². The second kappa shape index (κ2) is 10.5. The second-order valence-corrected chi connectivity index (χ2v) is 6.62. The summed E-state index contributed by atoms with van der Waals surface area (Å²) in [5.41, 5.74) is 7.86. The van der Waals surface area contributed by atoms with E-state index >= 15 is 0 Å². The molecular weight excluding hydrogens is 490 g/mol. The molecule has 2 aliphatic heterocycles. The molecule has 0 unspecified atom stereocenters. The Morgan fingerprint density at radius 2 is 0.867 bits per heavy atom. The van der Waals surface area contributed by atoms with E-state index in [4.69, 9.17) is 13.0 Å². The number of H-pyrrole nitrogens is 2. The number of nitrogens with zero attached hydrogens (tertiary/aromatic N) is 2. The summed E-state index contributed by atoms with van der Waals surface area (Å²) >= 11 is 0. The van der Waals surface area contributed by atoms with Gasteiger partial charge in [0.05, 0.1) is 22.8 Å². The molecule has 0 aromatic carbocycles. The van der Waals surface area contributed by atoms with Crippen LogP contribution < -0.4 is 0 Å². The summed E-state index contributed by atoms with van der Waals surface area (Å²) in [6.07, 6.45) is 8.09. The van der Waals surface area contributed by atoms with Gasteiger partial charge in [-0.3, -0.25) is 4.55 Å². The zero-order valence-electron chi connectivity index (χ0n) is 15.2. The van der Waals surface area contributed by atoms with Crippen molar-refractivity contribution in [1.29, 1.82) is 0 Å². The standard InChI is InChI=1S/C20H14N4.Co.Mn.H2O3S/c1-2-14-10-16-5-6-18(23-16)12-20-8-7-19(24-20)11-17-4-3-15(22-17)9-13(1)21-14;;;1-4(2)3/h1-12,21,24H;;;4H,(H,1,2,3). The number of fused-ring (bicyclic) bond motifs is 8. The number of hydrogen-bond acceptors (Lipinski definition) is 4. The van der Waals surface area contributed by atoms with Gasteiger partial charge in [0.25, 0.3) is 11.0 Å². The Bertz CT molecular complexity index is 1160. The Balaban J connectivity index is 0.000000494. The quantitative estimate of drug-likeness (QED) is 0.145. The maximum Gasteiger partial charge on any atom is 0.254 e. The van der Waals surface area contributed by atoms with Crippen LogP contribution in [0.2, 0.25) is 0 Å². The molecule has 30 heavy (non-hydrogen) atoms. The Morgan fingerprint density at radius 1 is 0.633 bits per heavy atom. The number of thiol groups is 1. The smallest absolute Gasteiger partial charge is 0.254 e. The summed E-state index contributed by atoms with van der Waals surface area (Å²) in [5.74, 6) is 0. The Kier molecular flexibility index (Phi) is 8.36. The van der Waals surface area contributed by atoms with E-state index in [-0.39, 0.29) is 33.8 Å². The van der Waals surface area contributed by atoms with Crippen LogP contribution in [-0.4, -0.2) is 32.9 Å². The molecule has 2 radical (unpaired) electrons. The monoisotopic (exact) mass is 506 g/mol. The van der Waals surface area contributed by atoms with Crippen LogP contribution in [0, 0.1) is 0 Å². The van der Waals surface area contributed by atoms with Crippen molar-refractivity contribution in [2.45, 2.75) is 0 Å². The van der Waals surface area contributed by atoms with Gasteiger partial charge in [0.2, 0.25) is 0 Å². The molecule has 3 aromatic heterocycles. The SMILES string of the molecule is C1=Cc2cc3ccc(cc4nc(cc5ccc(cc1n2)[nH]5)C=C4)[nH]3.O=[SH](=O)O.[Co].[Mn]. The largest absolute Gasteiger partial charge is 0.355 e. The van der Waals surface area contributed by atoms with Crippen molar-refractivity contribution in [3.63, 3.8) is 0 Å². The van der Waals surface area contributed by atoms with Crippen LogP contribution in [-0.2, 0) is 44.8 Å². The normalized spacial score (nSPS) is 11.3. The molecule has 0 aliphatic carbocycles. The average molecular weight is 506 g/mol. The zero-order valence-corrected chi connectivity index (χ0v) is 18.4. The van der Waals surface area contributed by atoms with E-state index in [0.29, 0.717) is 0 Å². The summed E-state index contributed by atoms with van der Waals surface area (Å²) < 4.78 is 24.2. The minimum absolute atomic E-state index is 0. The van der Waals surface area contributed by atoms with E-state index in [2.05, 4.69) is 44.2 Å². The van der Waals surface area contributed by atoms with Crippen molar-refractivity contribution in [3.8, 4) is 0 Å². The van der Waals surface area contributed by atoms with Crippen molar-refractivity contribution in [1.82, 2.24) is 19.9 Å². The van der Waals surface area contributed by atoms with Gasteiger partial charge < -0.3 is 9.97 Å². The van der Waals surface area contributed by atoms with E-state index in [1.165, 1.54) is 0 Å². The minimum atomic E-state index is -3.12. The summed E-state index contributed by atoms with van der Waals surface area (Å²) in [6.45, 7) is 0. The summed E-state index contributed by atoms with van der Waals surface area (Å²) in [5, 5.41) is 0.